The van der Waals surface area contributed by atoms with Crippen molar-refractivity contribution in [3.63, 3.8) is 0 Å². The second kappa shape index (κ2) is 4.88. The van der Waals surface area contributed by atoms with Crippen molar-refractivity contribution in [3.05, 3.63) is 0 Å². The van der Waals surface area contributed by atoms with Crippen molar-refractivity contribution in [1.29, 1.82) is 0 Å². The zero-order valence-electron chi connectivity index (χ0n) is 11.0. The van der Waals surface area contributed by atoms with Gasteiger partial charge in [0.25, 0.3) is 0 Å². The zero-order chi connectivity index (χ0) is 12.5. The minimum Gasteiger partial charge on any atom is -0.308 e. The summed E-state index contributed by atoms with van der Waals surface area (Å²) in [6.45, 7) is 4.34. The Morgan fingerprint density at radius 2 is 2.12 bits per heavy atom. The maximum Gasteiger partial charge on any atom is 0.152 e. The van der Waals surface area contributed by atoms with Gasteiger partial charge in [0.2, 0.25) is 0 Å². The van der Waals surface area contributed by atoms with Crippen LogP contribution in [0.3, 0.4) is 0 Å². The molecule has 1 saturated heterocycles. The third-order valence-corrected chi connectivity index (χ3v) is 6.32. The van der Waals surface area contributed by atoms with E-state index in [9.17, 15) is 8.42 Å². The first-order chi connectivity index (χ1) is 7.92. The van der Waals surface area contributed by atoms with Crippen LogP contribution in [0.4, 0.5) is 0 Å². The highest BCUT2D eigenvalue weighted by molar-refractivity contribution is 7.91. The molecule has 3 nitrogen and oxygen atoms in total. The lowest BCUT2D eigenvalue weighted by atomic mass is 9.83. The molecule has 0 aromatic heterocycles. The van der Waals surface area contributed by atoms with Gasteiger partial charge in [-0.05, 0) is 32.1 Å². The second-order valence-corrected chi connectivity index (χ2v) is 8.37. The third kappa shape index (κ3) is 3.44. The minimum absolute atomic E-state index is 0.168. The lowest BCUT2D eigenvalue weighted by Crippen LogP contribution is -2.50. The molecule has 0 radical (unpaired) electrons. The molecule has 0 spiro atoms. The molecule has 1 saturated carbocycles. The highest BCUT2D eigenvalue weighted by Gasteiger charge is 2.39. The summed E-state index contributed by atoms with van der Waals surface area (Å²) in [4.78, 5) is 0. The Morgan fingerprint density at radius 1 is 1.35 bits per heavy atom. The predicted molar refractivity (Wildman–Crippen MR) is 70.8 cm³/mol. The Hall–Kier alpha value is -0.0900. The van der Waals surface area contributed by atoms with Gasteiger partial charge in [-0.1, -0.05) is 26.2 Å². The Labute approximate surface area is 105 Å². The van der Waals surface area contributed by atoms with Gasteiger partial charge >= 0.3 is 0 Å². The molecule has 0 amide bonds. The monoisotopic (exact) mass is 259 g/mol. The lowest BCUT2D eigenvalue weighted by molar-refractivity contribution is 0.233. The van der Waals surface area contributed by atoms with Crippen molar-refractivity contribution in [2.45, 2.75) is 64.0 Å². The van der Waals surface area contributed by atoms with Crippen molar-refractivity contribution in [1.82, 2.24) is 5.32 Å². The van der Waals surface area contributed by atoms with E-state index in [4.69, 9.17) is 0 Å². The molecule has 0 aromatic rings. The standard InChI is InChI=1S/C13H25NO2S/c1-3-11-5-4-6-12(9-11)14-13(2)7-8-17(15,16)10-13/h11-12,14H,3-10H2,1-2H3. The topological polar surface area (TPSA) is 46.2 Å². The summed E-state index contributed by atoms with van der Waals surface area (Å²) in [5.74, 6) is 1.52. The molecular formula is C13H25NO2S. The maximum atomic E-state index is 11.6. The van der Waals surface area contributed by atoms with E-state index >= 15 is 0 Å². The zero-order valence-corrected chi connectivity index (χ0v) is 11.9. The van der Waals surface area contributed by atoms with Crippen molar-refractivity contribution in [2.24, 2.45) is 5.92 Å². The van der Waals surface area contributed by atoms with Gasteiger partial charge < -0.3 is 5.32 Å². The van der Waals surface area contributed by atoms with Crippen LogP contribution in [0.1, 0.15) is 52.4 Å². The molecule has 3 atom stereocenters. The molecule has 4 heteroatoms. The van der Waals surface area contributed by atoms with Crippen LogP contribution in [0.5, 0.6) is 0 Å². The van der Waals surface area contributed by atoms with Crippen LogP contribution in [-0.2, 0) is 9.84 Å². The first-order valence-corrected chi connectivity index (χ1v) is 8.73. The van der Waals surface area contributed by atoms with E-state index in [0.717, 1.165) is 12.3 Å². The Kier molecular flexibility index (Phi) is 3.83. The Balaban J connectivity index is 1.92. The maximum absolute atomic E-state index is 11.6. The molecular weight excluding hydrogens is 234 g/mol. The third-order valence-electron chi connectivity index (χ3n) is 4.42. The predicted octanol–water partition coefficient (Wildman–Crippen LogP) is 2.12. The van der Waals surface area contributed by atoms with Crippen LogP contribution in [-0.4, -0.2) is 31.5 Å². The van der Waals surface area contributed by atoms with Gasteiger partial charge in [0, 0.05) is 11.6 Å². The summed E-state index contributed by atoms with van der Waals surface area (Å²) >= 11 is 0. The molecule has 1 aliphatic carbocycles. The minimum atomic E-state index is -2.79. The summed E-state index contributed by atoms with van der Waals surface area (Å²) in [5, 5.41) is 3.63. The number of hydrogen-bond acceptors (Lipinski definition) is 3. The van der Waals surface area contributed by atoms with E-state index in [-0.39, 0.29) is 5.54 Å². The number of nitrogens with one attached hydrogen (secondary N) is 1. The van der Waals surface area contributed by atoms with Crippen LogP contribution < -0.4 is 5.32 Å². The van der Waals surface area contributed by atoms with Gasteiger partial charge in [-0.15, -0.1) is 0 Å². The van der Waals surface area contributed by atoms with Crippen LogP contribution >= 0.6 is 0 Å². The highest BCUT2D eigenvalue weighted by atomic mass is 32.2. The summed E-state index contributed by atoms with van der Waals surface area (Å²) < 4.78 is 23.1. The first kappa shape index (κ1) is 13.3. The fourth-order valence-corrected chi connectivity index (χ4v) is 5.51. The van der Waals surface area contributed by atoms with E-state index in [1.807, 2.05) is 0 Å². The summed E-state index contributed by atoms with van der Waals surface area (Å²) in [7, 11) is -2.79. The van der Waals surface area contributed by atoms with Crippen LogP contribution in [0.25, 0.3) is 0 Å². The molecule has 0 bridgehead atoms. The van der Waals surface area contributed by atoms with Gasteiger partial charge in [-0.25, -0.2) is 8.42 Å². The van der Waals surface area contributed by atoms with Crippen LogP contribution in [0, 0.1) is 5.92 Å². The Morgan fingerprint density at radius 3 is 2.71 bits per heavy atom. The van der Waals surface area contributed by atoms with Crippen LogP contribution in [0.15, 0.2) is 0 Å². The smallest absolute Gasteiger partial charge is 0.152 e. The molecule has 17 heavy (non-hydrogen) atoms. The number of rotatable bonds is 3. The van der Waals surface area contributed by atoms with E-state index in [0.29, 0.717) is 17.5 Å². The molecule has 3 unspecified atom stereocenters. The van der Waals surface area contributed by atoms with E-state index in [1.165, 1.54) is 32.1 Å². The van der Waals surface area contributed by atoms with Gasteiger partial charge in [0.05, 0.1) is 11.5 Å². The molecule has 2 fully saturated rings. The lowest BCUT2D eigenvalue weighted by Gasteiger charge is -2.35. The van der Waals surface area contributed by atoms with Gasteiger partial charge in [-0.2, -0.15) is 0 Å². The summed E-state index contributed by atoms with van der Waals surface area (Å²) in [6, 6.07) is 0.534. The Bertz CT molecular complexity index is 366. The van der Waals surface area contributed by atoms with Crippen molar-refractivity contribution in [2.75, 3.05) is 11.5 Å². The molecule has 1 heterocycles. The van der Waals surface area contributed by atoms with Crippen molar-refractivity contribution in [3.8, 4) is 0 Å². The van der Waals surface area contributed by atoms with Gasteiger partial charge in [-0.3, -0.25) is 0 Å². The quantitative estimate of drug-likeness (QED) is 0.844. The fourth-order valence-electron chi connectivity index (χ4n) is 3.41. The number of sulfone groups is 1. The van der Waals surface area contributed by atoms with Crippen molar-refractivity contribution < 1.29 is 8.42 Å². The summed E-state index contributed by atoms with van der Waals surface area (Å²) in [6.07, 6.45) is 7.12. The average Bonchev–Trinajstić information content (AvgIpc) is 2.53. The normalized spacial score (nSPS) is 41.5. The molecule has 1 N–H and O–H groups in total. The fraction of sp³-hybridized carbons (Fsp3) is 1.00. The molecule has 2 rings (SSSR count). The molecule has 1 aliphatic heterocycles. The largest absolute Gasteiger partial charge is 0.308 e. The van der Waals surface area contributed by atoms with E-state index in [2.05, 4.69) is 19.2 Å². The van der Waals surface area contributed by atoms with E-state index < -0.39 is 9.84 Å². The molecule has 0 aromatic carbocycles. The molecule has 2 aliphatic rings. The van der Waals surface area contributed by atoms with Gasteiger partial charge in [0.15, 0.2) is 9.84 Å². The first-order valence-electron chi connectivity index (χ1n) is 6.90. The van der Waals surface area contributed by atoms with Crippen molar-refractivity contribution >= 4 is 9.84 Å². The number of hydrogen-bond donors (Lipinski definition) is 1. The van der Waals surface area contributed by atoms with Crippen LogP contribution in [0.2, 0.25) is 0 Å². The van der Waals surface area contributed by atoms with Gasteiger partial charge in [0.1, 0.15) is 0 Å². The summed E-state index contributed by atoms with van der Waals surface area (Å²) in [5.41, 5.74) is -0.168. The van der Waals surface area contributed by atoms with E-state index in [1.54, 1.807) is 0 Å². The SMILES string of the molecule is CCC1CCCC(NC2(C)CCS(=O)(=O)C2)C1. The highest BCUT2D eigenvalue weighted by Crippen LogP contribution is 2.30. The second-order valence-electron chi connectivity index (χ2n) is 6.18. The molecule has 100 valence electrons. The average molecular weight is 259 g/mol.